The summed E-state index contributed by atoms with van der Waals surface area (Å²) in [5, 5.41) is 0.984. The first kappa shape index (κ1) is 14.7. The molecule has 0 unspecified atom stereocenters. The maximum Gasteiger partial charge on any atom is 0.337 e. The van der Waals surface area contributed by atoms with E-state index in [0.29, 0.717) is 17.5 Å². The predicted octanol–water partition coefficient (Wildman–Crippen LogP) is 3.45. The van der Waals surface area contributed by atoms with Crippen molar-refractivity contribution >= 4 is 29.2 Å². The summed E-state index contributed by atoms with van der Waals surface area (Å²) in [5.74, 6) is -0.347. The number of hydrogen-bond donors (Lipinski definition) is 0. The number of aryl methyl sites for hydroxylation is 2. The molecule has 5 heteroatoms. The topological polar surface area (TPSA) is 56.3 Å². The van der Waals surface area contributed by atoms with E-state index in [9.17, 15) is 9.59 Å². The van der Waals surface area contributed by atoms with Crippen molar-refractivity contribution < 1.29 is 14.3 Å². The summed E-state index contributed by atoms with van der Waals surface area (Å²) in [6, 6.07) is 5.11. The number of benzene rings is 1. The number of ether oxygens (including phenoxy) is 1. The Hall–Kier alpha value is -2.27. The zero-order valence-corrected chi connectivity index (χ0v) is 13.2. The number of carbonyl (C=O) groups excluding carboxylic acids is 2. The molecule has 1 aliphatic carbocycles. The van der Waals surface area contributed by atoms with Gasteiger partial charge in [0, 0.05) is 22.2 Å². The first-order valence-corrected chi connectivity index (χ1v) is 7.79. The Balaban J connectivity index is 1.93. The van der Waals surface area contributed by atoms with Crippen LogP contribution in [-0.2, 0) is 11.2 Å². The second kappa shape index (κ2) is 5.85. The number of nitrogens with zero attached hydrogens (tertiary/aromatic N) is 1. The average Bonchev–Trinajstić information content (AvgIpc) is 2.94. The van der Waals surface area contributed by atoms with Crippen LogP contribution in [0, 0.1) is 6.92 Å². The normalized spacial score (nSPS) is 15.7. The molecule has 0 bridgehead atoms. The van der Waals surface area contributed by atoms with Crippen LogP contribution >= 0.6 is 11.3 Å². The summed E-state index contributed by atoms with van der Waals surface area (Å²) >= 11 is 1.57. The molecule has 0 saturated carbocycles. The minimum absolute atomic E-state index is 0.0312. The Morgan fingerprint density at radius 3 is 2.86 bits per heavy atom. The third-order valence-corrected chi connectivity index (χ3v) is 4.54. The van der Waals surface area contributed by atoms with Crippen LogP contribution in [0.1, 0.15) is 42.6 Å². The molecule has 1 heterocycles. The number of Topliss-reactive ketones (excluding diaryl/α,β-unsaturated/α-hetero) is 1. The van der Waals surface area contributed by atoms with Crippen LogP contribution in [0.25, 0.3) is 6.08 Å². The lowest BCUT2D eigenvalue weighted by molar-refractivity contribution is 0.0600. The van der Waals surface area contributed by atoms with Crippen molar-refractivity contribution in [2.45, 2.75) is 19.8 Å². The smallest absolute Gasteiger partial charge is 0.337 e. The number of carbonyl (C=O) groups is 2. The number of thiazole rings is 1. The van der Waals surface area contributed by atoms with Gasteiger partial charge in [0.15, 0.2) is 5.78 Å². The molecule has 0 amide bonds. The quantitative estimate of drug-likeness (QED) is 0.629. The van der Waals surface area contributed by atoms with E-state index >= 15 is 0 Å². The molecule has 112 valence electrons. The van der Waals surface area contributed by atoms with E-state index in [0.717, 1.165) is 27.4 Å². The van der Waals surface area contributed by atoms with Crippen molar-refractivity contribution in [3.05, 3.63) is 56.5 Å². The fourth-order valence-corrected chi connectivity index (χ4v) is 3.33. The second-order valence-corrected chi connectivity index (χ2v) is 6.41. The van der Waals surface area contributed by atoms with Crippen molar-refractivity contribution in [2.75, 3.05) is 7.11 Å². The molecule has 0 N–H and O–H groups in total. The lowest BCUT2D eigenvalue weighted by atomic mass is 9.85. The Morgan fingerprint density at radius 2 is 2.18 bits per heavy atom. The standard InChI is InChI=1S/C17H15NO3S/c1-10-18-9-14(22-10)8-12-4-3-11-7-13(17(20)21-2)5-6-15(11)16(12)19/h5-9H,3-4H2,1-2H3. The Kier molecular flexibility index (Phi) is 3.90. The first-order valence-electron chi connectivity index (χ1n) is 6.97. The van der Waals surface area contributed by atoms with Crippen molar-refractivity contribution in [2.24, 2.45) is 0 Å². The van der Waals surface area contributed by atoms with E-state index in [1.165, 1.54) is 7.11 Å². The summed E-state index contributed by atoms with van der Waals surface area (Å²) in [6.07, 6.45) is 5.13. The number of methoxy groups -OCH3 is 1. The third kappa shape index (κ3) is 2.72. The van der Waals surface area contributed by atoms with Gasteiger partial charge in [0.1, 0.15) is 0 Å². The van der Waals surface area contributed by atoms with E-state index < -0.39 is 0 Å². The van der Waals surface area contributed by atoms with Crippen LogP contribution in [0.3, 0.4) is 0 Å². The van der Waals surface area contributed by atoms with Gasteiger partial charge in [-0.25, -0.2) is 9.78 Å². The highest BCUT2D eigenvalue weighted by molar-refractivity contribution is 7.12. The minimum atomic E-state index is -0.378. The fourth-order valence-electron chi connectivity index (χ4n) is 2.58. The Bertz CT molecular complexity index is 789. The molecule has 0 fully saturated rings. The largest absolute Gasteiger partial charge is 0.465 e. The third-order valence-electron chi connectivity index (χ3n) is 3.68. The van der Waals surface area contributed by atoms with Gasteiger partial charge in [-0.15, -0.1) is 11.3 Å². The number of allylic oxidation sites excluding steroid dienone is 1. The molecule has 1 aromatic carbocycles. The first-order chi connectivity index (χ1) is 10.6. The zero-order valence-electron chi connectivity index (χ0n) is 12.4. The molecule has 0 spiro atoms. The molecule has 1 aromatic heterocycles. The van der Waals surface area contributed by atoms with Crippen molar-refractivity contribution in [1.29, 1.82) is 0 Å². The molecule has 0 atom stereocenters. The lowest BCUT2D eigenvalue weighted by Gasteiger charge is -2.18. The highest BCUT2D eigenvalue weighted by atomic mass is 32.1. The highest BCUT2D eigenvalue weighted by Gasteiger charge is 2.23. The molecular weight excluding hydrogens is 298 g/mol. The van der Waals surface area contributed by atoms with Gasteiger partial charge in [0.05, 0.1) is 17.7 Å². The van der Waals surface area contributed by atoms with E-state index in [2.05, 4.69) is 4.98 Å². The monoisotopic (exact) mass is 313 g/mol. The fraction of sp³-hybridized carbons (Fsp3) is 0.235. The maximum absolute atomic E-state index is 12.6. The van der Waals surface area contributed by atoms with Gasteiger partial charge in [0.25, 0.3) is 0 Å². The Morgan fingerprint density at radius 1 is 1.36 bits per heavy atom. The van der Waals surface area contributed by atoms with Crippen LogP contribution in [0.15, 0.2) is 30.0 Å². The van der Waals surface area contributed by atoms with E-state index in [-0.39, 0.29) is 11.8 Å². The highest BCUT2D eigenvalue weighted by Crippen LogP contribution is 2.28. The van der Waals surface area contributed by atoms with Gasteiger partial charge >= 0.3 is 5.97 Å². The number of hydrogen-bond acceptors (Lipinski definition) is 5. The molecule has 3 rings (SSSR count). The number of esters is 1. The van der Waals surface area contributed by atoms with Gasteiger partial charge in [-0.05, 0) is 49.6 Å². The van der Waals surface area contributed by atoms with Crippen molar-refractivity contribution in [3.63, 3.8) is 0 Å². The summed E-state index contributed by atoms with van der Waals surface area (Å²) in [5.41, 5.74) is 2.86. The molecule has 0 saturated heterocycles. The summed E-state index contributed by atoms with van der Waals surface area (Å²) in [6.45, 7) is 1.94. The van der Waals surface area contributed by atoms with Crippen LogP contribution in [-0.4, -0.2) is 23.8 Å². The van der Waals surface area contributed by atoms with Crippen molar-refractivity contribution in [1.82, 2.24) is 4.98 Å². The van der Waals surface area contributed by atoms with E-state index in [4.69, 9.17) is 4.74 Å². The molecule has 0 radical (unpaired) electrons. The van der Waals surface area contributed by atoms with Gasteiger partial charge in [-0.2, -0.15) is 0 Å². The van der Waals surface area contributed by atoms with Gasteiger partial charge < -0.3 is 4.74 Å². The number of fused-ring (bicyclic) bond motifs is 1. The number of rotatable bonds is 2. The van der Waals surface area contributed by atoms with E-state index in [1.54, 1.807) is 35.7 Å². The second-order valence-electron chi connectivity index (χ2n) is 5.14. The molecular formula is C17H15NO3S. The van der Waals surface area contributed by atoms with Crippen LogP contribution in [0.4, 0.5) is 0 Å². The summed E-state index contributed by atoms with van der Waals surface area (Å²) in [4.78, 5) is 29.3. The molecule has 4 nitrogen and oxygen atoms in total. The molecule has 1 aliphatic rings. The minimum Gasteiger partial charge on any atom is -0.465 e. The van der Waals surface area contributed by atoms with Crippen LogP contribution < -0.4 is 0 Å². The number of aromatic nitrogens is 1. The van der Waals surface area contributed by atoms with Gasteiger partial charge in [-0.1, -0.05) is 0 Å². The summed E-state index contributed by atoms with van der Waals surface area (Å²) < 4.78 is 4.72. The molecule has 2 aromatic rings. The number of ketones is 1. The zero-order chi connectivity index (χ0) is 15.7. The van der Waals surface area contributed by atoms with Crippen LogP contribution in [0.2, 0.25) is 0 Å². The predicted molar refractivity (Wildman–Crippen MR) is 85.3 cm³/mol. The van der Waals surface area contributed by atoms with Crippen molar-refractivity contribution in [3.8, 4) is 0 Å². The molecule has 22 heavy (non-hydrogen) atoms. The average molecular weight is 313 g/mol. The maximum atomic E-state index is 12.6. The SMILES string of the molecule is COC(=O)c1ccc2c(c1)CCC(=Cc1cnc(C)s1)C2=O. The van der Waals surface area contributed by atoms with Crippen LogP contribution in [0.5, 0.6) is 0 Å². The molecule has 0 aliphatic heterocycles. The van der Waals surface area contributed by atoms with E-state index in [1.807, 2.05) is 13.0 Å². The van der Waals surface area contributed by atoms with Gasteiger partial charge in [-0.3, -0.25) is 4.79 Å². The Labute approximate surface area is 132 Å². The lowest BCUT2D eigenvalue weighted by Crippen LogP contribution is -2.15. The van der Waals surface area contributed by atoms with Gasteiger partial charge in [0.2, 0.25) is 0 Å². The summed E-state index contributed by atoms with van der Waals surface area (Å²) in [7, 11) is 1.35.